The first-order valence-corrected chi connectivity index (χ1v) is 8.03. The number of hydrogen-bond donors (Lipinski definition) is 1. The highest BCUT2D eigenvalue weighted by molar-refractivity contribution is 5.80. The van der Waals surface area contributed by atoms with E-state index in [1.165, 1.54) is 0 Å². The molecule has 7 nitrogen and oxygen atoms in total. The predicted octanol–water partition coefficient (Wildman–Crippen LogP) is 3.55. The van der Waals surface area contributed by atoms with E-state index < -0.39 is 0 Å². The molecule has 4 rings (SSSR count). The van der Waals surface area contributed by atoms with Gasteiger partial charge in [0, 0.05) is 18.2 Å². The summed E-state index contributed by atoms with van der Waals surface area (Å²) in [6.45, 7) is 2.72. The molecular weight excluding hydrogens is 320 g/mol. The molecule has 4 aromatic rings. The van der Waals surface area contributed by atoms with Crippen molar-refractivity contribution in [2.75, 3.05) is 0 Å². The van der Waals surface area contributed by atoms with E-state index in [9.17, 15) is 4.79 Å². The largest absolute Gasteiger partial charge is 0.465 e. The van der Waals surface area contributed by atoms with Crippen molar-refractivity contribution in [3.63, 3.8) is 0 Å². The highest BCUT2D eigenvalue weighted by atomic mass is 16.5. The number of aromatic amines is 1. The Balaban J connectivity index is 1.65. The van der Waals surface area contributed by atoms with Gasteiger partial charge in [0.05, 0.1) is 17.3 Å². The van der Waals surface area contributed by atoms with E-state index in [4.69, 9.17) is 8.94 Å². The number of aryl methyl sites for hydroxylation is 1. The van der Waals surface area contributed by atoms with Crippen LogP contribution in [-0.4, -0.2) is 19.7 Å². The second kappa shape index (κ2) is 6.27. The number of nitrogens with one attached hydrogen (secondary N) is 1. The van der Waals surface area contributed by atoms with Crippen LogP contribution in [0.2, 0.25) is 0 Å². The van der Waals surface area contributed by atoms with E-state index in [0.717, 1.165) is 23.0 Å². The third-order valence-corrected chi connectivity index (χ3v) is 3.85. The second-order valence-corrected chi connectivity index (χ2v) is 5.62. The van der Waals surface area contributed by atoms with E-state index in [2.05, 4.69) is 15.1 Å². The lowest BCUT2D eigenvalue weighted by Gasteiger charge is -2.00. The molecule has 0 atom stereocenters. The van der Waals surface area contributed by atoms with Gasteiger partial charge in [-0.3, -0.25) is 4.57 Å². The van der Waals surface area contributed by atoms with Gasteiger partial charge in [-0.15, -0.1) is 0 Å². The zero-order chi connectivity index (χ0) is 17.2. The van der Waals surface area contributed by atoms with E-state index in [1.54, 1.807) is 29.0 Å². The van der Waals surface area contributed by atoms with Crippen molar-refractivity contribution in [3.8, 4) is 11.4 Å². The van der Waals surface area contributed by atoms with Crippen LogP contribution < -0.4 is 5.69 Å². The van der Waals surface area contributed by atoms with Gasteiger partial charge in [0.25, 0.3) is 5.89 Å². The number of imidazole rings is 1. The minimum absolute atomic E-state index is 0.107. The Hall–Kier alpha value is -3.35. The fourth-order valence-electron chi connectivity index (χ4n) is 2.71. The molecule has 7 heteroatoms. The first-order valence-electron chi connectivity index (χ1n) is 8.03. The lowest BCUT2D eigenvalue weighted by atomic mass is 10.2. The summed E-state index contributed by atoms with van der Waals surface area (Å²) in [5.41, 5.74) is 2.30. The van der Waals surface area contributed by atoms with Crippen LogP contribution in [0.3, 0.4) is 0 Å². The molecule has 126 valence electrons. The molecule has 0 aliphatic carbocycles. The van der Waals surface area contributed by atoms with Crippen molar-refractivity contribution in [1.29, 1.82) is 0 Å². The van der Waals surface area contributed by atoms with Crippen LogP contribution in [0.4, 0.5) is 0 Å². The minimum Gasteiger partial charge on any atom is -0.465 e. The molecule has 1 aromatic carbocycles. The van der Waals surface area contributed by atoms with Crippen molar-refractivity contribution < 1.29 is 8.94 Å². The molecule has 0 unspecified atom stereocenters. The fraction of sp³-hybridized carbons (Fsp3) is 0.167. The van der Waals surface area contributed by atoms with E-state index >= 15 is 0 Å². The minimum atomic E-state index is -0.107. The Morgan fingerprint density at radius 2 is 2.20 bits per heavy atom. The molecule has 1 N–H and O–H groups in total. The highest BCUT2D eigenvalue weighted by Crippen LogP contribution is 2.21. The number of aromatic nitrogens is 4. The summed E-state index contributed by atoms with van der Waals surface area (Å²) < 4.78 is 12.2. The number of rotatable bonds is 5. The quantitative estimate of drug-likeness (QED) is 0.602. The average molecular weight is 336 g/mol. The monoisotopic (exact) mass is 336 g/mol. The molecule has 0 aliphatic rings. The number of benzene rings is 1. The summed E-state index contributed by atoms with van der Waals surface area (Å²) in [5.74, 6) is 1.55. The Morgan fingerprint density at radius 3 is 3.00 bits per heavy atom. The molecule has 0 spiro atoms. The molecule has 0 saturated carbocycles. The molecule has 25 heavy (non-hydrogen) atoms. The summed E-state index contributed by atoms with van der Waals surface area (Å²) in [6.07, 6.45) is 5.93. The van der Waals surface area contributed by atoms with E-state index in [1.807, 2.05) is 31.2 Å². The number of fused-ring (bicyclic) bond motifs is 1. The zero-order valence-electron chi connectivity index (χ0n) is 13.6. The van der Waals surface area contributed by atoms with Gasteiger partial charge in [-0.25, -0.2) is 4.79 Å². The molecule has 0 radical (unpaired) electrons. The third kappa shape index (κ3) is 2.91. The van der Waals surface area contributed by atoms with Crippen molar-refractivity contribution in [2.45, 2.75) is 19.9 Å². The summed E-state index contributed by atoms with van der Waals surface area (Å²) in [7, 11) is 0. The summed E-state index contributed by atoms with van der Waals surface area (Å²) in [4.78, 5) is 19.2. The van der Waals surface area contributed by atoms with Gasteiger partial charge in [-0.1, -0.05) is 12.1 Å². The predicted molar refractivity (Wildman–Crippen MR) is 93.8 cm³/mol. The van der Waals surface area contributed by atoms with Crippen molar-refractivity contribution in [3.05, 3.63) is 58.7 Å². The first kappa shape index (κ1) is 15.2. The van der Waals surface area contributed by atoms with Crippen LogP contribution in [-0.2, 0) is 6.54 Å². The van der Waals surface area contributed by atoms with Gasteiger partial charge in [0.15, 0.2) is 0 Å². The summed E-state index contributed by atoms with van der Waals surface area (Å²) in [5, 5.41) is 3.99. The lowest BCUT2D eigenvalue weighted by molar-refractivity contribution is 0.411. The van der Waals surface area contributed by atoms with Crippen LogP contribution in [0.15, 0.2) is 50.3 Å². The zero-order valence-corrected chi connectivity index (χ0v) is 13.6. The average Bonchev–Trinajstić information content (AvgIpc) is 3.34. The summed E-state index contributed by atoms with van der Waals surface area (Å²) >= 11 is 0. The van der Waals surface area contributed by atoms with Crippen LogP contribution in [0, 0.1) is 0 Å². The normalized spacial score (nSPS) is 11.7. The third-order valence-electron chi connectivity index (χ3n) is 3.85. The lowest BCUT2D eigenvalue weighted by Crippen LogP contribution is -2.16. The molecule has 3 heterocycles. The van der Waals surface area contributed by atoms with Gasteiger partial charge >= 0.3 is 5.69 Å². The fourth-order valence-corrected chi connectivity index (χ4v) is 2.71. The van der Waals surface area contributed by atoms with Crippen LogP contribution >= 0.6 is 0 Å². The molecule has 0 fully saturated rings. The Morgan fingerprint density at radius 1 is 1.28 bits per heavy atom. The van der Waals surface area contributed by atoms with Gasteiger partial charge < -0.3 is 13.9 Å². The molecule has 0 bridgehead atoms. The van der Waals surface area contributed by atoms with Gasteiger partial charge in [-0.05, 0) is 42.8 Å². The van der Waals surface area contributed by atoms with Crippen molar-refractivity contribution in [2.24, 2.45) is 0 Å². The number of nitrogens with zero attached hydrogens (tertiary/aromatic N) is 3. The SMILES string of the molecule is CCCn1c(=O)[nH]c2cc(-c3noc(/C=C/c4ccco4)n3)ccc21. The summed E-state index contributed by atoms with van der Waals surface area (Å²) in [6, 6.07) is 9.27. The maximum atomic E-state index is 12.0. The maximum absolute atomic E-state index is 12.0. The Kier molecular flexibility index (Phi) is 3.81. The molecule has 0 aliphatic heterocycles. The van der Waals surface area contributed by atoms with Crippen LogP contribution in [0.1, 0.15) is 25.0 Å². The first-order chi connectivity index (χ1) is 12.2. The molecular formula is C18H16N4O3. The van der Waals surface area contributed by atoms with Gasteiger partial charge in [0.2, 0.25) is 5.82 Å². The van der Waals surface area contributed by atoms with Crippen molar-refractivity contribution >= 4 is 23.2 Å². The van der Waals surface area contributed by atoms with Crippen LogP contribution in [0.5, 0.6) is 0 Å². The number of hydrogen-bond acceptors (Lipinski definition) is 5. The maximum Gasteiger partial charge on any atom is 0.326 e. The van der Waals surface area contributed by atoms with Gasteiger partial charge in [-0.2, -0.15) is 4.98 Å². The van der Waals surface area contributed by atoms with E-state index in [0.29, 0.717) is 24.0 Å². The Labute approximate surface area is 142 Å². The number of H-pyrrole nitrogens is 1. The second-order valence-electron chi connectivity index (χ2n) is 5.62. The van der Waals surface area contributed by atoms with E-state index in [-0.39, 0.29) is 5.69 Å². The number of furan rings is 1. The van der Waals surface area contributed by atoms with Gasteiger partial charge in [0.1, 0.15) is 5.76 Å². The molecule has 0 amide bonds. The topological polar surface area (TPSA) is 89.9 Å². The van der Waals surface area contributed by atoms with Crippen LogP contribution in [0.25, 0.3) is 34.6 Å². The van der Waals surface area contributed by atoms with Crippen molar-refractivity contribution in [1.82, 2.24) is 19.7 Å². The Bertz CT molecular complexity index is 1080. The molecule has 3 aromatic heterocycles. The smallest absolute Gasteiger partial charge is 0.326 e. The molecule has 0 saturated heterocycles. The standard InChI is InChI=1S/C18H16N4O3/c1-2-9-22-15-7-5-12(11-14(15)19-18(22)23)17-20-16(25-21-17)8-6-13-4-3-10-24-13/h3-8,10-11H,2,9H2,1H3,(H,19,23)/b8-6+. The highest BCUT2D eigenvalue weighted by Gasteiger charge is 2.11.